The smallest absolute Gasteiger partial charge is 0.325 e. The van der Waals surface area contributed by atoms with E-state index in [-0.39, 0.29) is 5.92 Å². The maximum Gasteiger partial charge on any atom is 0.325 e. The number of aliphatic carboxylic acids is 1. The molecule has 0 amide bonds. The maximum atomic E-state index is 11.8. The molecule has 8 heteroatoms. The molecule has 1 unspecified atom stereocenters. The molecule has 2 heterocycles. The lowest BCUT2D eigenvalue weighted by Gasteiger charge is -2.35. The van der Waals surface area contributed by atoms with Gasteiger partial charge in [-0.2, -0.15) is 4.98 Å². The fourth-order valence-electron chi connectivity index (χ4n) is 3.10. The lowest BCUT2D eigenvalue weighted by atomic mass is 9.94. The molecule has 1 aliphatic rings. The molecule has 0 aliphatic carbocycles. The minimum atomic E-state index is -0.939. The van der Waals surface area contributed by atoms with Crippen molar-refractivity contribution in [2.45, 2.75) is 31.7 Å². The van der Waals surface area contributed by atoms with Crippen LogP contribution in [0.15, 0.2) is 22.7 Å². The third-order valence-corrected chi connectivity index (χ3v) is 5.13. The molecule has 1 aliphatic heterocycles. The molecule has 1 aromatic carbocycles. The molecule has 3 rings (SSSR count). The van der Waals surface area contributed by atoms with Gasteiger partial charge in [0.15, 0.2) is 5.82 Å². The summed E-state index contributed by atoms with van der Waals surface area (Å²) in [6, 6.07) is 4.26. The van der Waals surface area contributed by atoms with Crippen molar-refractivity contribution in [1.29, 1.82) is 0 Å². The number of hydrogen-bond donors (Lipinski definition) is 1. The van der Waals surface area contributed by atoms with Gasteiger partial charge < -0.3 is 9.63 Å². The number of aryl methyl sites for hydroxylation is 1. The Balaban J connectivity index is 1.77. The van der Waals surface area contributed by atoms with Gasteiger partial charge in [-0.25, -0.2) is 0 Å². The number of carboxylic acid groups (broad SMARTS) is 1. The highest BCUT2D eigenvalue weighted by Crippen LogP contribution is 2.36. The Morgan fingerprint density at radius 3 is 2.67 bits per heavy atom. The first kappa shape index (κ1) is 17.2. The Kier molecular flexibility index (Phi) is 5.08. The number of hydrogen-bond acceptors (Lipinski definition) is 5. The van der Waals surface area contributed by atoms with E-state index in [0.717, 1.165) is 12.8 Å². The number of halogens is 2. The van der Waals surface area contributed by atoms with Gasteiger partial charge in [-0.1, -0.05) is 40.5 Å². The maximum absolute atomic E-state index is 11.8. The number of benzene rings is 1. The fraction of sp³-hybridized carbons (Fsp3) is 0.438. The van der Waals surface area contributed by atoms with Crippen molar-refractivity contribution in [3.63, 3.8) is 0 Å². The van der Waals surface area contributed by atoms with E-state index < -0.39 is 12.0 Å². The van der Waals surface area contributed by atoms with Crippen LogP contribution in [0.25, 0.3) is 0 Å². The molecule has 0 spiro atoms. The minimum absolute atomic E-state index is 0.159. The van der Waals surface area contributed by atoms with Crippen LogP contribution in [0.5, 0.6) is 0 Å². The van der Waals surface area contributed by atoms with Gasteiger partial charge in [-0.3, -0.25) is 9.69 Å². The third-order valence-electron chi connectivity index (χ3n) is 4.30. The summed E-state index contributed by atoms with van der Waals surface area (Å²) in [6.45, 7) is 2.99. The molecule has 6 nitrogen and oxygen atoms in total. The van der Waals surface area contributed by atoms with Gasteiger partial charge in [-0.05, 0) is 25.8 Å². The molecule has 128 valence electrons. The number of piperidine rings is 1. The van der Waals surface area contributed by atoms with Crippen LogP contribution in [-0.2, 0) is 4.79 Å². The molecule has 1 N–H and O–H groups in total. The first-order valence-electron chi connectivity index (χ1n) is 7.68. The second kappa shape index (κ2) is 7.09. The molecular formula is C16H17Cl2N3O3. The van der Waals surface area contributed by atoms with E-state index in [0.29, 0.717) is 40.4 Å². The quantitative estimate of drug-likeness (QED) is 0.884. The number of nitrogens with zero attached hydrogens (tertiary/aromatic N) is 3. The first-order chi connectivity index (χ1) is 11.5. The van der Waals surface area contributed by atoms with Crippen molar-refractivity contribution in [2.24, 2.45) is 0 Å². The van der Waals surface area contributed by atoms with Crippen LogP contribution in [0, 0.1) is 6.92 Å². The molecular weight excluding hydrogens is 353 g/mol. The van der Waals surface area contributed by atoms with Crippen LogP contribution < -0.4 is 0 Å². The molecule has 1 atom stereocenters. The average molecular weight is 370 g/mol. The highest BCUT2D eigenvalue weighted by Gasteiger charge is 2.34. The molecule has 1 fully saturated rings. The van der Waals surface area contributed by atoms with Gasteiger partial charge in [0.05, 0.1) is 10.0 Å². The zero-order chi connectivity index (χ0) is 17.3. The predicted molar refractivity (Wildman–Crippen MR) is 89.4 cm³/mol. The van der Waals surface area contributed by atoms with E-state index in [9.17, 15) is 9.90 Å². The van der Waals surface area contributed by atoms with Crippen LogP contribution in [0.2, 0.25) is 10.0 Å². The number of carboxylic acids is 1. The van der Waals surface area contributed by atoms with Crippen molar-refractivity contribution in [2.75, 3.05) is 13.1 Å². The summed E-state index contributed by atoms with van der Waals surface area (Å²) in [4.78, 5) is 18.0. The Morgan fingerprint density at radius 1 is 1.38 bits per heavy atom. The average Bonchev–Trinajstić information content (AvgIpc) is 2.99. The number of aromatic nitrogens is 2. The third kappa shape index (κ3) is 3.41. The first-order valence-corrected chi connectivity index (χ1v) is 8.44. The number of likely N-dealkylation sites (tertiary alicyclic amines) is 1. The standard InChI is InChI=1S/C16H17Cl2N3O3/c1-9-19-15(24-20-9)10-5-7-21(8-6-10)14(16(22)23)11-3-2-4-12(17)13(11)18/h2-4,10,14H,5-8H2,1H3,(H,22,23). The Bertz CT molecular complexity index is 742. The lowest BCUT2D eigenvalue weighted by Crippen LogP contribution is -2.40. The largest absolute Gasteiger partial charge is 0.480 e. The van der Waals surface area contributed by atoms with Crippen molar-refractivity contribution in [3.05, 3.63) is 45.5 Å². The van der Waals surface area contributed by atoms with Gasteiger partial charge in [-0.15, -0.1) is 0 Å². The van der Waals surface area contributed by atoms with E-state index in [2.05, 4.69) is 10.1 Å². The van der Waals surface area contributed by atoms with E-state index in [1.807, 2.05) is 4.90 Å². The van der Waals surface area contributed by atoms with Crippen molar-refractivity contribution < 1.29 is 14.4 Å². The van der Waals surface area contributed by atoms with Crippen LogP contribution >= 0.6 is 23.2 Å². The fourth-order valence-corrected chi connectivity index (χ4v) is 3.51. The van der Waals surface area contributed by atoms with Gasteiger partial charge in [0.1, 0.15) is 6.04 Å². The summed E-state index contributed by atoms with van der Waals surface area (Å²) < 4.78 is 5.23. The zero-order valence-electron chi connectivity index (χ0n) is 13.1. The minimum Gasteiger partial charge on any atom is -0.480 e. The number of rotatable bonds is 4. The molecule has 0 saturated carbocycles. The lowest BCUT2D eigenvalue weighted by molar-refractivity contribution is -0.144. The van der Waals surface area contributed by atoms with Gasteiger partial charge in [0, 0.05) is 24.6 Å². The molecule has 0 bridgehead atoms. The Morgan fingerprint density at radius 2 is 2.08 bits per heavy atom. The second-order valence-corrected chi connectivity index (χ2v) is 6.66. The SMILES string of the molecule is Cc1noc(C2CCN(C(C(=O)O)c3cccc(Cl)c3Cl)CC2)n1. The summed E-state index contributed by atoms with van der Waals surface area (Å²) >= 11 is 12.3. The summed E-state index contributed by atoms with van der Waals surface area (Å²) in [5.74, 6) is 0.458. The van der Waals surface area contributed by atoms with Crippen LogP contribution in [0.4, 0.5) is 0 Å². The van der Waals surface area contributed by atoms with E-state index in [1.54, 1.807) is 25.1 Å². The van der Waals surface area contributed by atoms with Crippen molar-refractivity contribution in [3.8, 4) is 0 Å². The molecule has 24 heavy (non-hydrogen) atoms. The Labute approximate surface area is 149 Å². The summed E-state index contributed by atoms with van der Waals surface area (Å²) in [7, 11) is 0. The van der Waals surface area contributed by atoms with E-state index in [1.165, 1.54) is 0 Å². The van der Waals surface area contributed by atoms with Crippen LogP contribution in [0.1, 0.15) is 42.1 Å². The molecule has 1 saturated heterocycles. The molecule has 0 radical (unpaired) electrons. The van der Waals surface area contributed by atoms with Gasteiger partial charge in [0.25, 0.3) is 0 Å². The summed E-state index contributed by atoms with van der Waals surface area (Å²) in [6.07, 6.45) is 1.51. The summed E-state index contributed by atoms with van der Waals surface area (Å²) in [5, 5.41) is 14.2. The van der Waals surface area contributed by atoms with E-state index in [4.69, 9.17) is 27.7 Å². The topological polar surface area (TPSA) is 79.5 Å². The highest BCUT2D eigenvalue weighted by atomic mass is 35.5. The van der Waals surface area contributed by atoms with Crippen molar-refractivity contribution in [1.82, 2.24) is 15.0 Å². The van der Waals surface area contributed by atoms with Gasteiger partial charge >= 0.3 is 5.97 Å². The van der Waals surface area contributed by atoms with E-state index >= 15 is 0 Å². The van der Waals surface area contributed by atoms with Crippen LogP contribution in [0.3, 0.4) is 0 Å². The monoisotopic (exact) mass is 369 g/mol. The normalized spacial score (nSPS) is 17.8. The Hall–Kier alpha value is -1.63. The van der Waals surface area contributed by atoms with Crippen LogP contribution in [-0.4, -0.2) is 39.2 Å². The summed E-state index contributed by atoms with van der Waals surface area (Å²) in [5.41, 5.74) is 0.517. The van der Waals surface area contributed by atoms with Gasteiger partial charge in [0.2, 0.25) is 5.89 Å². The zero-order valence-corrected chi connectivity index (χ0v) is 14.6. The molecule has 2 aromatic rings. The number of carbonyl (C=O) groups is 1. The second-order valence-electron chi connectivity index (χ2n) is 5.87. The highest BCUT2D eigenvalue weighted by molar-refractivity contribution is 6.42. The predicted octanol–water partition coefficient (Wildman–Crippen LogP) is 3.69. The van der Waals surface area contributed by atoms with Crippen molar-refractivity contribution >= 4 is 29.2 Å². The molecule has 1 aromatic heterocycles.